The minimum atomic E-state index is -0.979. The number of H-pyrrole nitrogens is 1. The van der Waals surface area contributed by atoms with Gasteiger partial charge in [-0.15, -0.1) is 0 Å². The number of carbonyl (C=O) groups is 1. The van der Waals surface area contributed by atoms with Crippen molar-refractivity contribution < 1.29 is 14.1 Å². The lowest BCUT2D eigenvalue weighted by molar-refractivity contribution is -0.387. The Morgan fingerprint density at radius 2 is 2.32 bits per heavy atom. The molecule has 1 amide bonds. The van der Waals surface area contributed by atoms with Crippen molar-refractivity contribution >= 4 is 11.6 Å². The zero-order valence-corrected chi connectivity index (χ0v) is 9.59. The molecule has 1 aromatic heterocycles. The smallest absolute Gasteiger partial charge is 0.305 e. The molecule has 7 nitrogen and oxygen atoms in total. The third-order valence-electron chi connectivity index (χ3n) is 2.38. The van der Waals surface area contributed by atoms with E-state index in [-0.39, 0.29) is 12.1 Å². The summed E-state index contributed by atoms with van der Waals surface area (Å²) in [4.78, 5) is 28.1. The first-order valence-electron chi connectivity index (χ1n) is 5.28. The number of nitro benzene ring substituents is 1. The van der Waals surface area contributed by atoms with Gasteiger partial charge >= 0.3 is 5.69 Å². The fourth-order valence-electron chi connectivity index (χ4n) is 1.45. The van der Waals surface area contributed by atoms with E-state index in [0.717, 1.165) is 12.1 Å². The van der Waals surface area contributed by atoms with E-state index in [1.165, 1.54) is 12.3 Å². The molecule has 2 aromatic rings. The van der Waals surface area contributed by atoms with Crippen LogP contribution >= 0.6 is 0 Å². The predicted octanol–water partition coefficient (Wildman–Crippen LogP) is 1.39. The summed E-state index contributed by atoms with van der Waals surface area (Å²) in [6.45, 7) is 0.150. The molecule has 0 atom stereocenters. The van der Waals surface area contributed by atoms with Gasteiger partial charge in [0.15, 0.2) is 0 Å². The van der Waals surface area contributed by atoms with Crippen LogP contribution in [0.4, 0.5) is 10.1 Å². The molecule has 0 unspecified atom stereocenters. The summed E-state index contributed by atoms with van der Waals surface area (Å²) in [6.07, 6.45) is 3.13. The van der Waals surface area contributed by atoms with Crippen LogP contribution < -0.4 is 5.32 Å². The molecule has 1 heterocycles. The largest absolute Gasteiger partial charge is 0.347 e. The van der Waals surface area contributed by atoms with Crippen LogP contribution in [-0.2, 0) is 6.54 Å². The molecule has 2 rings (SSSR count). The highest BCUT2D eigenvalue weighted by molar-refractivity contribution is 5.94. The first kappa shape index (κ1) is 12.7. The number of aromatic amines is 1. The van der Waals surface area contributed by atoms with Crippen molar-refractivity contribution in [2.24, 2.45) is 0 Å². The normalized spacial score (nSPS) is 10.2. The third kappa shape index (κ3) is 2.92. The van der Waals surface area contributed by atoms with Crippen molar-refractivity contribution in [2.75, 3.05) is 0 Å². The van der Waals surface area contributed by atoms with Crippen LogP contribution in [0.5, 0.6) is 0 Å². The molecule has 0 aliphatic carbocycles. The molecule has 8 heteroatoms. The number of nitrogens with one attached hydrogen (secondary N) is 2. The van der Waals surface area contributed by atoms with E-state index in [4.69, 9.17) is 0 Å². The second kappa shape index (κ2) is 5.25. The van der Waals surface area contributed by atoms with Crippen molar-refractivity contribution in [2.45, 2.75) is 6.54 Å². The SMILES string of the molecule is O=C(NCc1ncc[nH]1)c1ccc(F)c([N+](=O)[O-])c1. The highest BCUT2D eigenvalue weighted by Gasteiger charge is 2.17. The second-order valence-corrected chi connectivity index (χ2v) is 3.64. The molecule has 2 N–H and O–H groups in total. The molecule has 0 bridgehead atoms. The van der Waals surface area contributed by atoms with Gasteiger partial charge in [0, 0.05) is 24.0 Å². The fourth-order valence-corrected chi connectivity index (χ4v) is 1.45. The van der Waals surface area contributed by atoms with Gasteiger partial charge in [-0.2, -0.15) is 4.39 Å². The van der Waals surface area contributed by atoms with Crippen molar-refractivity contribution in [3.05, 3.63) is 57.9 Å². The van der Waals surface area contributed by atoms with Crippen LogP contribution in [-0.4, -0.2) is 20.8 Å². The summed E-state index contributed by atoms with van der Waals surface area (Å²) in [6, 6.07) is 2.96. The average Bonchev–Trinajstić information content (AvgIpc) is 2.89. The van der Waals surface area contributed by atoms with Crippen molar-refractivity contribution in [3.8, 4) is 0 Å². The van der Waals surface area contributed by atoms with E-state index in [0.29, 0.717) is 5.82 Å². The Kier molecular flexibility index (Phi) is 3.51. The third-order valence-corrected chi connectivity index (χ3v) is 2.38. The maximum atomic E-state index is 13.1. The molecule has 0 spiro atoms. The van der Waals surface area contributed by atoms with Crippen molar-refractivity contribution in [3.63, 3.8) is 0 Å². The second-order valence-electron chi connectivity index (χ2n) is 3.64. The highest BCUT2D eigenvalue weighted by Crippen LogP contribution is 2.18. The number of nitro groups is 1. The monoisotopic (exact) mass is 264 g/mol. The van der Waals surface area contributed by atoms with E-state index in [2.05, 4.69) is 15.3 Å². The maximum Gasteiger partial charge on any atom is 0.305 e. The van der Waals surface area contributed by atoms with Crippen molar-refractivity contribution in [1.82, 2.24) is 15.3 Å². The molecular weight excluding hydrogens is 255 g/mol. The summed E-state index contributed by atoms with van der Waals surface area (Å²) in [7, 11) is 0. The van der Waals surface area contributed by atoms with Gasteiger partial charge < -0.3 is 10.3 Å². The fraction of sp³-hybridized carbons (Fsp3) is 0.0909. The van der Waals surface area contributed by atoms with Crippen LogP contribution in [0.25, 0.3) is 0 Å². The molecule has 0 fully saturated rings. The Morgan fingerprint density at radius 3 is 2.95 bits per heavy atom. The van der Waals surface area contributed by atoms with Gasteiger partial charge in [0.05, 0.1) is 11.5 Å². The van der Waals surface area contributed by atoms with Gasteiger partial charge in [-0.05, 0) is 12.1 Å². The highest BCUT2D eigenvalue weighted by atomic mass is 19.1. The summed E-state index contributed by atoms with van der Waals surface area (Å²) in [5.74, 6) is -0.975. The van der Waals surface area contributed by atoms with Gasteiger partial charge in [-0.3, -0.25) is 14.9 Å². The summed E-state index contributed by atoms with van der Waals surface area (Å²) >= 11 is 0. The zero-order valence-electron chi connectivity index (χ0n) is 9.59. The number of hydrogen-bond donors (Lipinski definition) is 2. The number of carbonyl (C=O) groups excluding carboxylic acids is 1. The molecular formula is C11H9FN4O3. The van der Waals surface area contributed by atoms with Gasteiger partial charge in [0.2, 0.25) is 5.82 Å². The van der Waals surface area contributed by atoms with Gasteiger partial charge in [-0.25, -0.2) is 4.98 Å². The maximum absolute atomic E-state index is 13.1. The number of rotatable bonds is 4. The number of amides is 1. The molecule has 98 valence electrons. The van der Waals surface area contributed by atoms with Crippen LogP contribution in [0, 0.1) is 15.9 Å². The number of halogens is 1. The van der Waals surface area contributed by atoms with Crippen molar-refractivity contribution in [1.29, 1.82) is 0 Å². The lowest BCUT2D eigenvalue weighted by Gasteiger charge is -2.03. The number of benzene rings is 1. The van der Waals surface area contributed by atoms with Crippen LogP contribution in [0.1, 0.15) is 16.2 Å². The average molecular weight is 264 g/mol. The number of hydrogen-bond acceptors (Lipinski definition) is 4. The standard InChI is InChI=1S/C11H9FN4O3/c12-8-2-1-7(5-9(8)16(18)19)11(17)15-6-10-13-3-4-14-10/h1-5H,6H2,(H,13,14)(H,15,17). The number of imidazole rings is 1. The van der Waals surface area contributed by atoms with Crippen LogP contribution in [0.3, 0.4) is 0 Å². The van der Waals surface area contributed by atoms with E-state index in [9.17, 15) is 19.3 Å². The lowest BCUT2D eigenvalue weighted by Crippen LogP contribution is -2.23. The molecule has 0 saturated heterocycles. The summed E-state index contributed by atoms with van der Waals surface area (Å²) < 4.78 is 13.1. The molecule has 0 aliphatic rings. The van der Waals surface area contributed by atoms with E-state index in [1.54, 1.807) is 6.20 Å². The van der Waals surface area contributed by atoms with Gasteiger partial charge in [0.1, 0.15) is 5.82 Å². The topological polar surface area (TPSA) is 101 Å². The van der Waals surface area contributed by atoms with E-state index >= 15 is 0 Å². The molecule has 0 radical (unpaired) electrons. The predicted molar refractivity (Wildman–Crippen MR) is 62.8 cm³/mol. The summed E-state index contributed by atoms with van der Waals surface area (Å²) in [5.41, 5.74) is -0.717. The van der Waals surface area contributed by atoms with Gasteiger partial charge in [-0.1, -0.05) is 0 Å². The molecule has 0 saturated carbocycles. The first-order chi connectivity index (χ1) is 9.08. The minimum Gasteiger partial charge on any atom is -0.347 e. The van der Waals surface area contributed by atoms with Gasteiger partial charge in [0.25, 0.3) is 5.91 Å². The Labute approximate surface area is 106 Å². The Bertz CT molecular complexity index is 612. The lowest BCUT2D eigenvalue weighted by atomic mass is 10.2. The Hall–Kier alpha value is -2.77. The Balaban J connectivity index is 2.11. The summed E-state index contributed by atoms with van der Waals surface area (Å²) in [5, 5.41) is 13.1. The number of nitrogens with zero attached hydrogens (tertiary/aromatic N) is 2. The number of aromatic nitrogens is 2. The first-order valence-corrected chi connectivity index (χ1v) is 5.28. The van der Waals surface area contributed by atoms with E-state index < -0.39 is 22.3 Å². The zero-order chi connectivity index (χ0) is 13.8. The minimum absolute atomic E-state index is 0.0136. The molecule has 1 aromatic carbocycles. The molecule has 19 heavy (non-hydrogen) atoms. The van der Waals surface area contributed by atoms with E-state index in [1.807, 2.05) is 0 Å². The van der Waals surface area contributed by atoms with Crippen LogP contribution in [0.2, 0.25) is 0 Å². The molecule has 0 aliphatic heterocycles. The Morgan fingerprint density at radius 1 is 1.53 bits per heavy atom. The van der Waals surface area contributed by atoms with Crippen LogP contribution in [0.15, 0.2) is 30.6 Å². The quantitative estimate of drug-likeness (QED) is 0.643.